The molecule has 2 aromatic carbocycles. The highest BCUT2D eigenvalue weighted by Gasteiger charge is 2.48. The second-order valence-electron chi connectivity index (χ2n) is 10.7. The summed E-state index contributed by atoms with van der Waals surface area (Å²) in [6.07, 6.45) is -15.2. The fourth-order valence-corrected chi connectivity index (χ4v) is 5.24. The Kier molecular flexibility index (Phi) is 8.99. The van der Waals surface area contributed by atoms with Crippen molar-refractivity contribution in [2.24, 2.45) is 0 Å². The van der Waals surface area contributed by atoms with Gasteiger partial charge in [0.15, 0.2) is 23.5 Å². The van der Waals surface area contributed by atoms with Crippen LogP contribution >= 0.6 is 0 Å². The Morgan fingerprint density at radius 1 is 0.750 bits per heavy atom. The van der Waals surface area contributed by atoms with Crippen LogP contribution in [-0.2, 0) is 18.9 Å². The van der Waals surface area contributed by atoms with Crippen molar-refractivity contribution in [3.63, 3.8) is 0 Å². The first-order chi connectivity index (χ1) is 20.8. The summed E-state index contributed by atoms with van der Waals surface area (Å²) in [5.74, 6) is -1.74. The number of aliphatic hydroxyl groups excluding tert-OH is 6. The van der Waals surface area contributed by atoms with E-state index in [2.05, 4.69) is 4.74 Å². The molecule has 0 bridgehead atoms. The molecule has 3 aliphatic heterocycles. The summed E-state index contributed by atoms with van der Waals surface area (Å²) in [6, 6.07) is 4.78. The molecule has 2 saturated heterocycles. The smallest absolute Gasteiger partial charge is 0.270 e. The van der Waals surface area contributed by atoms with Crippen molar-refractivity contribution in [3.8, 4) is 34.5 Å². The summed E-state index contributed by atoms with van der Waals surface area (Å²) in [5.41, 5.74) is 0.268. The van der Waals surface area contributed by atoms with Crippen LogP contribution in [0.1, 0.15) is 24.2 Å². The minimum atomic E-state index is -1.83. The Hall–Kier alpha value is -3.58. The zero-order valence-corrected chi connectivity index (χ0v) is 23.4. The largest absolute Gasteiger partial charge is 0.571 e. The van der Waals surface area contributed by atoms with Crippen molar-refractivity contribution >= 4 is 6.08 Å². The van der Waals surface area contributed by atoms with E-state index in [1.807, 2.05) is 0 Å². The summed E-state index contributed by atoms with van der Waals surface area (Å²) in [5, 5.41) is 103. The lowest BCUT2D eigenvalue weighted by Gasteiger charge is -2.42. The van der Waals surface area contributed by atoms with Crippen LogP contribution in [0.4, 0.5) is 0 Å². The van der Waals surface area contributed by atoms with Gasteiger partial charge >= 0.3 is 0 Å². The summed E-state index contributed by atoms with van der Waals surface area (Å²) in [4.78, 5) is 0. The van der Waals surface area contributed by atoms with Gasteiger partial charge in [0, 0.05) is 12.1 Å². The third-order valence-corrected chi connectivity index (χ3v) is 7.69. The van der Waals surface area contributed by atoms with Gasteiger partial charge in [0.05, 0.1) is 31.5 Å². The molecule has 11 N–H and O–H groups in total. The Bertz CT molecular complexity index is 1360. The van der Waals surface area contributed by atoms with Crippen LogP contribution in [0.2, 0.25) is 0 Å². The topological polar surface area (TPSA) is 261 Å². The van der Waals surface area contributed by atoms with Crippen molar-refractivity contribution in [3.05, 3.63) is 41.2 Å². The van der Waals surface area contributed by atoms with E-state index in [0.29, 0.717) is 0 Å². The van der Waals surface area contributed by atoms with Crippen molar-refractivity contribution in [1.29, 1.82) is 0 Å². The fraction of sp³-hybridized carbons (Fsp3) is 0.500. The molecule has 3 heterocycles. The molecule has 0 saturated carbocycles. The fourth-order valence-electron chi connectivity index (χ4n) is 5.24. The quantitative estimate of drug-likeness (QED) is 0.157. The van der Waals surface area contributed by atoms with Gasteiger partial charge in [-0.2, -0.15) is 0 Å². The number of fused-ring (bicyclic) bond motifs is 1. The molecule has 3 aliphatic rings. The molecular formula is C28H35O16+. The second kappa shape index (κ2) is 12.4. The molecule has 0 radical (unpaired) electrons. The maximum Gasteiger partial charge on any atom is 0.270 e. The van der Waals surface area contributed by atoms with E-state index >= 15 is 0 Å². The Labute approximate surface area is 249 Å². The molecule has 0 aromatic heterocycles. The predicted octanol–water partition coefficient (Wildman–Crippen LogP) is -1.48. The van der Waals surface area contributed by atoms with Crippen LogP contribution in [0.15, 0.2) is 30.0 Å². The number of rotatable bonds is 7. The number of hydrogen-bond donors (Lipinski definition) is 10. The van der Waals surface area contributed by atoms with E-state index in [0.717, 1.165) is 6.07 Å². The number of benzene rings is 2. The van der Waals surface area contributed by atoms with E-state index in [-0.39, 0.29) is 39.9 Å². The van der Waals surface area contributed by atoms with E-state index < -0.39 is 85.6 Å². The van der Waals surface area contributed by atoms with Gasteiger partial charge < -0.3 is 79.5 Å². The number of phenols is 4. The van der Waals surface area contributed by atoms with E-state index in [4.69, 9.17) is 23.7 Å². The zero-order valence-electron chi connectivity index (χ0n) is 23.4. The third kappa shape index (κ3) is 5.91. The second-order valence-corrected chi connectivity index (χ2v) is 10.7. The molecular weight excluding hydrogens is 592 g/mol. The number of phenolic OH excluding ortho intramolecular Hbond substituents is 4. The van der Waals surface area contributed by atoms with E-state index in [9.17, 15) is 51.1 Å². The number of methoxy groups -OCH3 is 1. The van der Waals surface area contributed by atoms with Crippen molar-refractivity contribution in [2.75, 3.05) is 13.7 Å². The molecule has 11 unspecified atom stereocenters. The molecule has 16 nitrogen and oxygen atoms in total. The highest BCUT2D eigenvalue weighted by atomic mass is 16.7. The number of hydrogen-bond acceptors (Lipinski definition) is 15. The normalized spacial score (nSPS) is 35.3. The van der Waals surface area contributed by atoms with Crippen LogP contribution in [0.3, 0.4) is 0 Å². The van der Waals surface area contributed by atoms with Gasteiger partial charge in [0.25, 0.3) is 11.9 Å². The molecule has 0 amide bonds. The Balaban J connectivity index is 1.42. The number of aliphatic hydroxyl groups is 7. The zero-order chi connectivity index (χ0) is 32.0. The SMILES string of the molecule is COc1c(O)cc(C2[OH+]c3cc(O)cc(O)c3C=C2OC2OC(COC3OC(C)C(O)C(O)C3O)C(O)C(O)C2O)cc1O. The lowest BCUT2D eigenvalue weighted by molar-refractivity contribution is -0.325. The lowest BCUT2D eigenvalue weighted by atomic mass is 9.98. The van der Waals surface area contributed by atoms with Gasteiger partial charge in [-0.05, 0) is 19.1 Å². The van der Waals surface area contributed by atoms with Gasteiger partial charge in [-0.1, -0.05) is 0 Å². The third-order valence-electron chi connectivity index (χ3n) is 7.69. The first-order valence-electron chi connectivity index (χ1n) is 13.6. The lowest BCUT2D eigenvalue weighted by Crippen LogP contribution is -2.61. The standard InChI is InChI=1S/C28H34O16/c1-9-19(33)21(35)23(37)27(41-9)40-8-18-20(34)22(36)24(38)28(44-18)43-17-7-12-13(30)5-11(29)6-16(12)42-25(17)10-3-14(31)26(39-2)15(32)4-10/h3-7,9,18-25,27-38H,8H2,1-2H3/p+1. The minimum absolute atomic E-state index is 0.105. The number of ether oxygens (including phenoxy) is 6. The summed E-state index contributed by atoms with van der Waals surface area (Å²) >= 11 is 0. The predicted molar refractivity (Wildman–Crippen MR) is 145 cm³/mol. The number of aromatic hydroxyl groups is 5. The highest BCUT2D eigenvalue weighted by molar-refractivity contribution is 5.69. The molecule has 44 heavy (non-hydrogen) atoms. The van der Waals surface area contributed by atoms with Gasteiger partial charge in [0.2, 0.25) is 12.0 Å². The van der Waals surface area contributed by atoms with Gasteiger partial charge in [-0.25, -0.2) is 0 Å². The van der Waals surface area contributed by atoms with E-state index in [1.54, 1.807) is 0 Å². The van der Waals surface area contributed by atoms with Crippen LogP contribution in [0, 0.1) is 0 Å². The molecule has 11 atom stereocenters. The molecule has 0 spiro atoms. The van der Waals surface area contributed by atoms with Crippen LogP contribution in [0.25, 0.3) is 6.08 Å². The van der Waals surface area contributed by atoms with Gasteiger partial charge in [-0.3, -0.25) is 0 Å². The molecule has 16 heteroatoms. The Morgan fingerprint density at radius 2 is 1.39 bits per heavy atom. The van der Waals surface area contributed by atoms with Crippen molar-refractivity contribution in [2.45, 2.75) is 74.4 Å². The maximum atomic E-state index is 10.8. The summed E-state index contributed by atoms with van der Waals surface area (Å²) in [7, 11) is 1.24. The molecule has 0 aliphatic carbocycles. The first-order valence-corrected chi connectivity index (χ1v) is 13.6. The molecule has 2 aromatic rings. The van der Waals surface area contributed by atoms with Crippen LogP contribution in [0.5, 0.6) is 34.5 Å². The first kappa shape index (κ1) is 31.8. The van der Waals surface area contributed by atoms with E-state index in [1.165, 1.54) is 38.3 Å². The van der Waals surface area contributed by atoms with Crippen LogP contribution in [-0.4, -0.2) is 131 Å². The summed E-state index contributed by atoms with van der Waals surface area (Å²) < 4.78 is 32.0. The average molecular weight is 628 g/mol. The Morgan fingerprint density at radius 3 is 2.05 bits per heavy atom. The molecule has 2 fully saturated rings. The minimum Gasteiger partial charge on any atom is -0.571 e. The molecule has 242 valence electrons. The van der Waals surface area contributed by atoms with Gasteiger partial charge in [-0.15, -0.1) is 0 Å². The van der Waals surface area contributed by atoms with Crippen molar-refractivity contribution in [1.82, 2.24) is 0 Å². The van der Waals surface area contributed by atoms with Crippen molar-refractivity contribution < 1.29 is 79.5 Å². The van der Waals surface area contributed by atoms with Gasteiger partial charge in [0.1, 0.15) is 59.8 Å². The summed E-state index contributed by atoms with van der Waals surface area (Å²) in [6.45, 7) is 0.920. The molecule has 5 rings (SSSR count). The van der Waals surface area contributed by atoms with Crippen LogP contribution < -0.4 is 4.74 Å². The maximum absolute atomic E-state index is 10.8. The highest BCUT2D eigenvalue weighted by Crippen LogP contribution is 2.48. The average Bonchev–Trinajstić information content (AvgIpc) is 2.97. The monoisotopic (exact) mass is 627 g/mol.